The Bertz CT molecular complexity index is 3100. The first-order valence-electron chi connectivity index (χ1n) is 20.9. The van der Waals surface area contributed by atoms with E-state index in [0.29, 0.717) is 5.92 Å². The second-order valence-electron chi connectivity index (χ2n) is 16.8. The predicted octanol–water partition coefficient (Wildman–Crippen LogP) is 14.6. The Kier molecular flexibility index (Phi) is 8.53. The predicted molar refractivity (Wildman–Crippen MR) is 256 cm³/mol. The standard InChI is InChI=1S/C58H44Si/c1-59(2)55-36-48(47-22-14-21-46(35-47)41-19-10-5-11-20-41)33-34-49(55)52-37-53-54(38-56(52)59)58(45-31-27-43(28-32-45)40-17-8-4-9-18-40)51-24-13-12-23-50(51)57(53)44-29-25-42(26-30-44)39-15-6-3-7-16-39/h3-34,36-38,47H,35H2,1-2H3. The molecule has 9 aromatic carbocycles. The average Bonchev–Trinajstić information content (AvgIpc) is 3.52. The molecule has 0 radical (unpaired) electrons. The quantitative estimate of drug-likeness (QED) is 0.117. The van der Waals surface area contributed by atoms with Crippen LogP contribution < -0.4 is 10.4 Å². The Morgan fingerprint density at radius 3 is 1.41 bits per heavy atom. The van der Waals surface area contributed by atoms with Gasteiger partial charge in [0.15, 0.2) is 0 Å². The Morgan fingerprint density at radius 2 is 0.847 bits per heavy atom. The fourth-order valence-electron chi connectivity index (χ4n) is 9.97. The van der Waals surface area contributed by atoms with Crippen molar-refractivity contribution in [1.82, 2.24) is 0 Å². The Hall–Kier alpha value is -6.80. The lowest BCUT2D eigenvalue weighted by Gasteiger charge is -2.24. The molecule has 0 nitrogen and oxygen atoms in total. The molecule has 1 aliphatic carbocycles. The minimum absolute atomic E-state index is 0.356. The summed E-state index contributed by atoms with van der Waals surface area (Å²) in [4.78, 5) is 0. The molecule has 0 saturated heterocycles. The molecule has 0 amide bonds. The van der Waals surface area contributed by atoms with Crippen LogP contribution in [0, 0.1) is 0 Å². The highest BCUT2D eigenvalue weighted by molar-refractivity contribution is 7.04. The van der Waals surface area contributed by atoms with Crippen molar-refractivity contribution in [1.29, 1.82) is 0 Å². The van der Waals surface area contributed by atoms with Crippen molar-refractivity contribution >= 4 is 45.6 Å². The fourth-order valence-corrected chi connectivity index (χ4v) is 13.1. The van der Waals surface area contributed by atoms with Gasteiger partial charge in [-0.25, -0.2) is 0 Å². The topological polar surface area (TPSA) is 0 Å². The number of hydrogen-bond donors (Lipinski definition) is 0. The molecule has 1 unspecified atom stereocenters. The number of rotatable bonds is 6. The Balaban J connectivity index is 1.10. The molecule has 11 rings (SSSR count). The van der Waals surface area contributed by atoms with Crippen LogP contribution in [0.5, 0.6) is 0 Å². The summed E-state index contributed by atoms with van der Waals surface area (Å²) in [6.07, 6.45) is 7.97. The molecule has 1 heterocycles. The van der Waals surface area contributed by atoms with Crippen molar-refractivity contribution in [3.05, 3.63) is 223 Å². The number of allylic oxidation sites excluding steroid dienone is 4. The van der Waals surface area contributed by atoms with Gasteiger partial charge in [-0.15, -0.1) is 0 Å². The lowest BCUT2D eigenvalue weighted by Crippen LogP contribution is -2.49. The normalized spacial score (nSPS) is 15.2. The zero-order chi connectivity index (χ0) is 39.5. The summed E-state index contributed by atoms with van der Waals surface area (Å²) in [5, 5.41) is 8.30. The van der Waals surface area contributed by atoms with Crippen LogP contribution in [0.4, 0.5) is 0 Å². The lowest BCUT2D eigenvalue weighted by atomic mass is 9.83. The SMILES string of the molecule is C[Si]1(C)c2cc(C3C=CC=C(c4ccccc4)C3)ccc2-c2cc3c(-c4ccc(-c5ccccc5)cc4)c4ccccc4c(-c4ccc(-c5ccccc5)cc4)c3cc21. The molecule has 1 aliphatic heterocycles. The summed E-state index contributed by atoms with van der Waals surface area (Å²) < 4.78 is 0. The number of fused-ring (bicyclic) bond motifs is 5. The summed E-state index contributed by atoms with van der Waals surface area (Å²) in [6, 6.07) is 72.5. The molecule has 59 heavy (non-hydrogen) atoms. The third-order valence-corrected chi connectivity index (χ3v) is 16.6. The molecule has 0 bridgehead atoms. The summed E-state index contributed by atoms with van der Waals surface area (Å²) in [6.45, 7) is 5.13. The van der Waals surface area contributed by atoms with Crippen LogP contribution in [-0.2, 0) is 0 Å². The first-order valence-corrected chi connectivity index (χ1v) is 23.9. The van der Waals surface area contributed by atoms with Gasteiger partial charge in [0.1, 0.15) is 8.07 Å². The van der Waals surface area contributed by atoms with Crippen molar-refractivity contribution in [3.63, 3.8) is 0 Å². The van der Waals surface area contributed by atoms with E-state index in [1.165, 1.54) is 99.1 Å². The minimum atomic E-state index is -2.10. The Labute approximate surface area is 348 Å². The second kappa shape index (κ2) is 14.2. The van der Waals surface area contributed by atoms with Crippen LogP contribution in [0.25, 0.3) is 82.8 Å². The van der Waals surface area contributed by atoms with Gasteiger partial charge in [-0.3, -0.25) is 0 Å². The van der Waals surface area contributed by atoms with Crippen LogP contribution in [0.3, 0.4) is 0 Å². The molecule has 0 aromatic heterocycles. The van der Waals surface area contributed by atoms with Crippen molar-refractivity contribution in [2.75, 3.05) is 0 Å². The van der Waals surface area contributed by atoms with Crippen molar-refractivity contribution in [2.24, 2.45) is 0 Å². The van der Waals surface area contributed by atoms with Crippen LogP contribution in [-0.4, -0.2) is 8.07 Å². The maximum absolute atomic E-state index is 2.61. The van der Waals surface area contributed by atoms with E-state index < -0.39 is 8.07 Å². The van der Waals surface area contributed by atoms with E-state index in [4.69, 9.17) is 0 Å². The molecular formula is C58H44Si. The highest BCUT2D eigenvalue weighted by Crippen LogP contribution is 2.46. The molecule has 280 valence electrons. The Morgan fingerprint density at radius 1 is 0.390 bits per heavy atom. The monoisotopic (exact) mass is 768 g/mol. The van der Waals surface area contributed by atoms with Crippen LogP contribution >= 0.6 is 0 Å². The largest absolute Gasteiger partial charge is 0.113 e. The van der Waals surface area contributed by atoms with Crippen molar-refractivity contribution in [2.45, 2.75) is 25.4 Å². The smallest absolute Gasteiger partial charge is 0.0767 e. The van der Waals surface area contributed by atoms with Gasteiger partial charge in [0.25, 0.3) is 0 Å². The summed E-state index contributed by atoms with van der Waals surface area (Å²) in [7, 11) is -2.10. The summed E-state index contributed by atoms with van der Waals surface area (Å²) in [5.41, 5.74) is 17.0. The third kappa shape index (κ3) is 6.04. The van der Waals surface area contributed by atoms with Gasteiger partial charge in [-0.1, -0.05) is 219 Å². The zero-order valence-electron chi connectivity index (χ0n) is 33.5. The highest BCUT2D eigenvalue weighted by atomic mass is 28.3. The van der Waals surface area contributed by atoms with E-state index in [1.54, 1.807) is 5.19 Å². The van der Waals surface area contributed by atoms with Gasteiger partial charge >= 0.3 is 0 Å². The van der Waals surface area contributed by atoms with Gasteiger partial charge in [0.2, 0.25) is 0 Å². The second-order valence-corrected chi connectivity index (χ2v) is 21.1. The number of benzene rings is 9. The van der Waals surface area contributed by atoms with Crippen molar-refractivity contribution < 1.29 is 0 Å². The first-order chi connectivity index (χ1) is 29.0. The molecule has 1 atom stereocenters. The zero-order valence-corrected chi connectivity index (χ0v) is 34.5. The van der Waals surface area contributed by atoms with Gasteiger partial charge in [0.05, 0.1) is 0 Å². The molecule has 1 heteroatoms. The molecule has 0 N–H and O–H groups in total. The molecule has 9 aromatic rings. The molecule has 0 fully saturated rings. The van der Waals surface area contributed by atoms with E-state index >= 15 is 0 Å². The highest BCUT2D eigenvalue weighted by Gasteiger charge is 2.39. The molecular weight excluding hydrogens is 725 g/mol. The van der Waals surface area contributed by atoms with E-state index in [-0.39, 0.29) is 0 Å². The molecule has 2 aliphatic rings. The van der Waals surface area contributed by atoms with E-state index in [2.05, 4.69) is 225 Å². The fraction of sp³-hybridized carbons (Fsp3) is 0.0690. The van der Waals surface area contributed by atoms with E-state index in [1.807, 2.05) is 0 Å². The van der Waals surface area contributed by atoms with Gasteiger partial charge < -0.3 is 0 Å². The van der Waals surface area contributed by atoms with Crippen molar-refractivity contribution in [3.8, 4) is 55.6 Å². The summed E-state index contributed by atoms with van der Waals surface area (Å²) >= 11 is 0. The maximum atomic E-state index is 2.61. The van der Waals surface area contributed by atoms with E-state index in [9.17, 15) is 0 Å². The molecule has 0 spiro atoms. The first kappa shape index (κ1) is 35.4. The minimum Gasteiger partial charge on any atom is -0.0767 e. The van der Waals surface area contributed by atoms with Crippen LogP contribution in [0.15, 0.2) is 212 Å². The third-order valence-electron chi connectivity index (χ3n) is 13.1. The average molecular weight is 769 g/mol. The van der Waals surface area contributed by atoms with Gasteiger partial charge in [-0.2, -0.15) is 0 Å². The summed E-state index contributed by atoms with van der Waals surface area (Å²) in [5.74, 6) is 0.356. The molecule has 0 saturated carbocycles. The number of hydrogen-bond acceptors (Lipinski definition) is 0. The van der Waals surface area contributed by atoms with Crippen LogP contribution in [0.1, 0.15) is 23.5 Å². The van der Waals surface area contributed by atoms with Crippen LogP contribution in [0.2, 0.25) is 13.1 Å². The van der Waals surface area contributed by atoms with Gasteiger partial charge in [-0.05, 0) is 117 Å². The lowest BCUT2D eigenvalue weighted by molar-refractivity contribution is 0.869. The van der Waals surface area contributed by atoms with E-state index in [0.717, 1.165) is 6.42 Å². The van der Waals surface area contributed by atoms with Gasteiger partial charge in [0, 0.05) is 5.92 Å². The maximum Gasteiger partial charge on any atom is 0.113 e.